The molecule has 1 aliphatic heterocycles. The van der Waals surface area contributed by atoms with Crippen molar-refractivity contribution in [3.63, 3.8) is 0 Å². The molecule has 1 aromatic carbocycles. The number of ketones is 1. The summed E-state index contributed by atoms with van der Waals surface area (Å²) in [5.74, 6) is -8.26. The summed E-state index contributed by atoms with van der Waals surface area (Å²) in [5, 5.41) is 12.8. The van der Waals surface area contributed by atoms with E-state index in [1.54, 1.807) is 6.07 Å². The van der Waals surface area contributed by atoms with Gasteiger partial charge in [-0.1, -0.05) is 18.2 Å². The molecule has 15 heteroatoms. The van der Waals surface area contributed by atoms with Crippen molar-refractivity contribution in [2.45, 2.75) is 103 Å². The number of benzene rings is 1. The van der Waals surface area contributed by atoms with Gasteiger partial charge in [0.1, 0.15) is 23.7 Å². The zero-order valence-corrected chi connectivity index (χ0v) is 27.2. The van der Waals surface area contributed by atoms with Crippen molar-refractivity contribution < 1.29 is 71.8 Å². The Morgan fingerprint density at radius 1 is 0.723 bits per heavy atom. The molecular formula is C32H38O15. The average Bonchev–Trinajstić information content (AvgIpc) is 3.15. The van der Waals surface area contributed by atoms with Crippen molar-refractivity contribution in [3.05, 3.63) is 35.9 Å². The van der Waals surface area contributed by atoms with Gasteiger partial charge >= 0.3 is 35.8 Å². The summed E-state index contributed by atoms with van der Waals surface area (Å²) in [4.78, 5) is 91.6. The summed E-state index contributed by atoms with van der Waals surface area (Å²) in [7, 11) is 0. The average molecular weight is 663 g/mol. The lowest BCUT2D eigenvalue weighted by Gasteiger charge is -2.66. The van der Waals surface area contributed by atoms with Crippen LogP contribution in [0.15, 0.2) is 30.3 Å². The maximum absolute atomic E-state index is 14.6. The Morgan fingerprint density at radius 3 is 1.77 bits per heavy atom. The van der Waals surface area contributed by atoms with Crippen molar-refractivity contribution >= 4 is 41.6 Å². The van der Waals surface area contributed by atoms with Gasteiger partial charge < -0.3 is 38.3 Å². The molecule has 4 rings (SSSR count). The van der Waals surface area contributed by atoms with E-state index in [4.69, 9.17) is 33.2 Å². The largest absolute Gasteiger partial charge is 0.465 e. The Labute approximate surface area is 270 Å². The summed E-state index contributed by atoms with van der Waals surface area (Å²) < 4.78 is 40.8. The van der Waals surface area contributed by atoms with Crippen LogP contribution in [0.3, 0.4) is 0 Å². The van der Waals surface area contributed by atoms with Crippen molar-refractivity contribution in [2.24, 2.45) is 11.3 Å². The molecule has 2 bridgehead atoms. The monoisotopic (exact) mass is 662 g/mol. The molecule has 1 saturated heterocycles. The van der Waals surface area contributed by atoms with E-state index in [1.807, 2.05) is 0 Å². The van der Waals surface area contributed by atoms with Gasteiger partial charge in [0.05, 0.1) is 17.1 Å². The predicted octanol–water partition coefficient (Wildman–Crippen LogP) is 0.999. The smallest absolute Gasteiger partial charge is 0.338 e. The normalized spacial score (nSPS) is 35.0. The van der Waals surface area contributed by atoms with E-state index in [1.165, 1.54) is 38.1 Å². The van der Waals surface area contributed by atoms with Crippen LogP contribution in [-0.2, 0) is 61.9 Å². The standard InChI is InChI=1S/C32H38O15/c1-15(33)41-14-31-25(44-18(4)36)22(38)21-24(43-17(3)35)32(31,47-29(21,6)7)30(8,40)26(45-19(5)37)23(42-16(2)34)27(31)46-28(39)20-12-10-9-11-13-20/h9-13,21,23-27,40H,14H2,1-8H3/t21-,23+,24-,25-,26+,27+,30+,31-,32+/m1/s1. The molecule has 3 aliphatic rings. The van der Waals surface area contributed by atoms with Gasteiger partial charge in [-0.05, 0) is 32.9 Å². The van der Waals surface area contributed by atoms with E-state index in [0.29, 0.717) is 0 Å². The lowest BCUT2D eigenvalue weighted by Crippen LogP contribution is -2.88. The first-order valence-corrected chi connectivity index (χ1v) is 14.8. The van der Waals surface area contributed by atoms with Gasteiger partial charge in [-0.2, -0.15) is 0 Å². The first-order chi connectivity index (χ1) is 21.7. The van der Waals surface area contributed by atoms with E-state index in [-0.39, 0.29) is 5.56 Å². The Morgan fingerprint density at radius 2 is 1.26 bits per heavy atom. The molecule has 1 spiro atoms. The van der Waals surface area contributed by atoms with Crippen LogP contribution in [0.25, 0.3) is 0 Å². The Bertz CT molecular complexity index is 1480. The zero-order valence-electron chi connectivity index (χ0n) is 27.2. The summed E-state index contributed by atoms with van der Waals surface area (Å²) in [6.45, 7) is 8.07. The fourth-order valence-corrected chi connectivity index (χ4v) is 7.56. The van der Waals surface area contributed by atoms with Crippen LogP contribution in [0.2, 0.25) is 0 Å². The minimum Gasteiger partial charge on any atom is -0.465 e. The number of esters is 6. The molecular weight excluding hydrogens is 624 g/mol. The van der Waals surface area contributed by atoms with Crippen LogP contribution in [0.5, 0.6) is 0 Å². The lowest BCUT2D eigenvalue weighted by atomic mass is 9.45. The molecule has 0 aromatic heterocycles. The van der Waals surface area contributed by atoms with Gasteiger partial charge in [0.15, 0.2) is 35.8 Å². The second-order valence-corrected chi connectivity index (χ2v) is 12.6. The summed E-state index contributed by atoms with van der Waals surface area (Å²) in [6, 6.07) is 7.46. The number of hydrogen-bond acceptors (Lipinski definition) is 15. The molecule has 9 atom stereocenters. The lowest BCUT2D eigenvalue weighted by molar-refractivity contribution is -0.373. The molecule has 47 heavy (non-hydrogen) atoms. The fourth-order valence-electron chi connectivity index (χ4n) is 7.56. The molecule has 1 N–H and O–H groups in total. The first kappa shape index (κ1) is 35.5. The summed E-state index contributed by atoms with van der Waals surface area (Å²) >= 11 is 0. The third-order valence-corrected chi connectivity index (χ3v) is 8.94. The highest BCUT2D eigenvalue weighted by Crippen LogP contribution is 2.68. The van der Waals surface area contributed by atoms with E-state index in [0.717, 1.165) is 41.5 Å². The topological polar surface area (TPSA) is 204 Å². The number of fused-ring (bicyclic) bond motifs is 1. The molecule has 1 aromatic rings. The first-order valence-electron chi connectivity index (χ1n) is 14.8. The van der Waals surface area contributed by atoms with Gasteiger partial charge in [0, 0.05) is 34.6 Å². The maximum atomic E-state index is 14.6. The number of Topliss-reactive ketones (excluding diaryl/α,β-unsaturated/α-hetero) is 1. The molecule has 0 unspecified atom stereocenters. The fraction of sp³-hybridized carbons (Fsp3) is 0.594. The number of ether oxygens (including phenoxy) is 7. The quantitative estimate of drug-likeness (QED) is 0.305. The van der Waals surface area contributed by atoms with Gasteiger partial charge in [0.2, 0.25) is 0 Å². The molecule has 0 radical (unpaired) electrons. The van der Waals surface area contributed by atoms with Crippen molar-refractivity contribution in [1.82, 2.24) is 0 Å². The van der Waals surface area contributed by atoms with Crippen LogP contribution >= 0.6 is 0 Å². The van der Waals surface area contributed by atoms with Crippen LogP contribution in [-0.4, -0.2) is 101 Å². The van der Waals surface area contributed by atoms with Crippen LogP contribution in [0, 0.1) is 11.3 Å². The third kappa shape index (κ3) is 5.64. The molecule has 15 nitrogen and oxygen atoms in total. The van der Waals surface area contributed by atoms with Crippen LogP contribution in [0.4, 0.5) is 0 Å². The third-order valence-electron chi connectivity index (χ3n) is 8.94. The second kappa shape index (κ2) is 12.3. The minimum atomic E-state index is -2.64. The van der Waals surface area contributed by atoms with E-state index >= 15 is 0 Å². The molecule has 2 aliphatic carbocycles. The van der Waals surface area contributed by atoms with E-state index in [2.05, 4.69) is 0 Å². The van der Waals surface area contributed by atoms with Crippen molar-refractivity contribution in [2.75, 3.05) is 6.61 Å². The van der Waals surface area contributed by atoms with Gasteiger partial charge in [-0.3, -0.25) is 28.8 Å². The highest BCUT2D eigenvalue weighted by atomic mass is 16.7. The van der Waals surface area contributed by atoms with Crippen molar-refractivity contribution in [3.8, 4) is 0 Å². The molecule has 3 fully saturated rings. The predicted molar refractivity (Wildman–Crippen MR) is 154 cm³/mol. The maximum Gasteiger partial charge on any atom is 0.338 e. The number of carbonyl (C=O) groups excluding carboxylic acids is 7. The zero-order chi connectivity index (χ0) is 35.3. The second-order valence-electron chi connectivity index (χ2n) is 12.6. The number of carbonyl (C=O) groups is 7. The highest BCUT2D eigenvalue weighted by Gasteiger charge is 2.91. The molecule has 1 heterocycles. The van der Waals surface area contributed by atoms with Crippen LogP contribution in [0.1, 0.15) is 65.7 Å². The van der Waals surface area contributed by atoms with Crippen LogP contribution < -0.4 is 0 Å². The Balaban J connectivity index is 2.21. The molecule has 2 saturated carbocycles. The van der Waals surface area contributed by atoms with Gasteiger partial charge in [0.25, 0.3) is 0 Å². The van der Waals surface area contributed by atoms with Gasteiger partial charge in [-0.25, -0.2) is 4.79 Å². The SMILES string of the molecule is CC(=O)OC[C@]12[C@H](OC(C)=O)C(=O)[C@@H]3[C@@H](OC(C)=O)[C@]1(OC3(C)C)[C@@](C)(O)[C@@H](OC(C)=O)[C@H](OC(C)=O)[C@@H]2OC(=O)c1ccccc1. The summed E-state index contributed by atoms with van der Waals surface area (Å²) in [6.07, 6.45) is -9.75. The Hall–Kier alpha value is -4.37. The highest BCUT2D eigenvalue weighted by molar-refractivity contribution is 5.94. The molecule has 256 valence electrons. The minimum absolute atomic E-state index is 0.0274. The molecule has 0 amide bonds. The van der Waals surface area contributed by atoms with Gasteiger partial charge in [-0.15, -0.1) is 0 Å². The number of aliphatic hydroxyl groups is 1. The summed E-state index contributed by atoms with van der Waals surface area (Å²) in [5.41, 5.74) is -9.36. The van der Waals surface area contributed by atoms with E-state index in [9.17, 15) is 38.7 Å². The Kier molecular flexibility index (Phi) is 9.32. The van der Waals surface area contributed by atoms with E-state index < -0.39 is 107 Å². The number of hydrogen-bond donors (Lipinski definition) is 1. The van der Waals surface area contributed by atoms with Crippen molar-refractivity contribution in [1.29, 1.82) is 0 Å². The number of rotatable bonds is 8.